The maximum absolute atomic E-state index is 12.4. The molecule has 5 nitrogen and oxygen atoms in total. The average Bonchev–Trinajstić information content (AvgIpc) is 3.05. The molecule has 0 aromatic rings. The van der Waals surface area contributed by atoms with Gasteiger partial charge in [0.05, 0.1) is 24.6 Å². The van der Waals surface area contributed by atoms with E-state index in [9.17, 15) is 9.59 Å². The van der Waals surface area contributed by atoms with E-state index in [0.29, 0.717) is 25.4 Å². The lowest BCUT2D eigenvalue weighted by atomic mass is 9.85. The number of amides is 2. The average molecular weight is 306 g/mol. The first kappa shape index (κ1) is 15.7. The van der Waals surface area contributed by atoms with Gasteiger partial charge in [0.15, 0.2) is 0 Å². The molecule has 0 aromatic heterocycles. The molecule has 22 heavy (non-hydrogen) atoms. The van der Waals surface area contributed by atoms with E-state index >= 15 is 0 Å². The Kier molecular flexibility index (Phi) is 4.64. The first-order valence-electron chi connectivity index (χ1n) is 8.40. The van der Waals surface area contributed by atoms with Gasteiger partial charge >= 0.3 is 0 Å². The van der Waals surface area contributed by atoms with Crippen molar-refractivity contribution >= 4 is 11.8 Å². The van der Waals surface area contributed by atoms with Gasteiger partial charge in [0.25, 0.3) is 0 Å². The van der Waals surface area contributed by atoms with Crippen LogP contribution in [0.5, 0.6) is 0 Å². The highest BCUT2D eigenvalue weighted by Gasteiger charge is 2.47. The number of carbonyl (C=O) groups is 2. The van der Waals surface area contributed by atoms with E-state index in [2.05, 4.69) is 18.7 Å². The SMILES string of the molecule is CC(C)COC1CCN(CN2C(=O)C3CC=CCC3C2=O)C1. The minimum atomic E-state index is -0.118. The van der Waals surface area contributed by atoms with E-state index in [-0.39, 0.29) is 29.8 Å². The van der Waals surface area contributed by atoms with Crippen molar-refractivity contribution in [1.82, 2.24) is 9.80 Å². The number of fused-ring (bicyclic) bond motifs is 1. The molecule has 5 heteroatoms. The van der Waals surface area contributed by atoms with Crippen LogP contribution in [0.2, 0.25) is 0 Å². The van der Waals surface area contributed by atoms with Gasteiger partial charge in [0.2, 0.25) is 11.8 Å². The lowest BCUT2D eigenvalue weighted by Crippen LogP contribution is -2.41. The number of rotatable bonds is 5. The Hall–Kier alpha value is -1.20. The maximum Gasteiger partial charge on any atom is 0.234 e. The predicted octanol–water partition coefficient (Wildman–Crippen LogP) is 1.64. The van der Waals surface area contributed by atoms with E-state index < -0.39 is 0 Å². The largest absolute Gasteiger partial charge is 0.377 e. The summed E-state index contributed by atoms with van der Waals surface area (Å²) in [6.45, 7) is 7.21. The second kappa shape index (κ2) is 6.50. The van der Waals surface area contributed by atoms with E-state index in [1.807, 2.05) is 12.2 Å². The maximum atomic E-state index is 12.4. The summed E-state index contributed by atoms with van der Waals surface area (Å²) < 4.78 is 5.87. The summed E-state index contributed by atoms with van der Waals surface area (Å²) in [6.07, 6.45) is 6.71. The van der Waals surface area contributed by atoms with Crippen LogP contribution in [-0.4, -0.2) is 54.1 Å². The van der Waals surface area contributed by atoms with Gasteiger partial charge in [-0.25, -0.2) is 0 Å². The Labute approximate surface area is 132 Å². The minimum absolute atomic E-state index is 0.0194. The van der Waals surface area contributed by atoms with Crippen molar-refractivity contribution < 1.29 is 14.3 Å². The summed E-state index contributed by atoms with van der Waals surface area (Å²) >= 11 is 0. The first-order chi connectivity index (χ1) is 10.6. The summed E-state index contributed by atoms with van der Waals surface area (Å²) in [5, 5.41) is 0. The summed E-state index contributed by atoms with van der Waals surface area (Å²) in [5.74, 6) is 0.337. The molecule has 2 fully saturated rings. The van der Waals surface area contributed by atoms with Gasteiger partial charge in [0.1, 0.15) is 0 Å². The lowest BCUT2D eigenvalue weighted by molar-refractivity contribution is -0.142. The fraction of sp³-hybridized carbons (Fsp3) is 0.765. The molecule has 1 aliphatic carbocycles. The van der Waals surface area contributed by atoms with Crippen molar-refractivity contribution in [1.29, 1.82) is 0 Å². The molecule has 3 atom stereocenters. The molecule has 3 aliphatic rings. The number of imide groups is 1. The van der Waals surface area contributed by atoms with Crippen molar-refractivity contribution in [3.8, 4) is 0 Å². The van der Waals surface area contributed by atoms with Gasteiger partial charge in [-0.2, -0.15) is 0 Å². The third-order valence-electron chi connectivity index (χ3n) is 4.83. The van der Waals surface area contributed by atoms with Crippen molar-refractivity contribution in [2.75, 3.05) is 26.4 Å². The number of hydrogen-bond donors (Lipinski definition) is 0. The van der Waals surface area contributed by atoms with Crippen LogP contribution in [0.25, 0.3) is 0 Å². The number of ether oxygens (including phenoxy) is 1. The van der Waals surface area contributed by atoms with Crippen LogP contribution in [0, 0.1) is 17.8 Å². The highest BCUT2D eigenvalue weighted by molar-refractivity contribution is 6.05. The molecule has 122 valence electrons. The summed E-state index contributed by atoms with van der Waals surface area (Å²) in [5.41, 5.74) is 0. The second-order valence-electron chi connectivity index (χ2n) is 7.12. The van der Waals surface area contributed by atoms with Crippen molar-refractivity contribution in [2.24, 2.45) is 17.8 Å². The molecule has 2 saturated heterocycles. The smallest absolute Gasteiger partial charge is 0.234 e. The van der Waals surface area contributed by atoms with Gasteiger partial charge < -0.3 is 4.74 Å². The quantitative estimate of drug-likeness (QED) is 0.572. The topological polar surface area (TPSA) is 49.9 Å². The standard InChI is InChI=1S/C17H26N2O3/c1-12(2)10-22-13-7-8-18(9-13)11-19-16(20)14-5-3-4-6-15(14)17(19)21/h3-4,12-15H,5-11H2,1-2H3. The Morgan fingerprint density at radius 1 is 1.18 bits per heavy atom. The van der Waals surface area contributed by atoms with Crippen molar-refractivity contribution in [2.45, 2.75) is 39.2 Å². The molecule has 0 spiro atoms. The van der Waals surface area contributed by atoms with Crippen LogP contribution < -0.4 is 0 Å². The van der Waals surface area contributed by atoms with Crippen molar-refractivity contribution in [3.63, 3.8) is 0 Å². The minimum Gasteiger partial charge on any atom is -0.377 e. The summed E-state index contributed by atoms with van der Waals surface area (Å²) in [6, 6.07) is 0. The Bertz CT molecular complexity index is 449. The Morgan fingerprint density at radius 2 is 1.82 bits per heavy atom. The number of hydrogen-bond acceptors (Lipinski definition) is 4. The highest BCUT2D eigenvalue weighted by atomic mass is 16.5. The van der Waals surface area contributed by atoms with Gasteiger partial charge in [0, 0.05) is 19.7 Å². The van der Waals surface area contributed by atoms with Crippen molar-refractivity contribution in [3.05, 3.63) is 12.2 Å². The highest BCUT2D eigenvalue weighted by Crippen LogP contribution is 2.35. The van der Waals surface area contributed by atoms with E-state index in [1.165, 1.54) is 4.90 Å². The summed E-state index contributed by atoms with van der Waals surface area (Å²) in [7, 11) is 0. The normalized spacial score (nSPS) is 32.3. The van der Waals surface area contributed by atoms with E-state index in [4.69, 9.17) is 4.74 Å². The predicted molar refractivity (Wildman–Crippen MR) is 82.8 cm³/mol. The fourth-order valence-electron chi connectivity index (χ4n) is 3.60. The lowest BCUT2D eigenvalue weighted by Gasteiger charge is -2.23. The fourth-order valence-corrected chi connectivity index (χ4v) is 3.60. The molecule has 3 unspecified atom stereocenters. The Balaban J connectivity index is 1.54. The van der Waals surface area contributed by atoms with Crippen LogP contribution in [-0.2, 0) is 14.3 Å². The van der Waals surface area contributed by atoms with E-state index in [0.717, 1.165) is 26.1 Å². The third-order valence-corrected chi connectivity index (χ3v) is 4.83. The number of allylic oxidation sites excluding steroid dienone is 2. The van der Waals surface area contributed by atoms with Crippen LogP contribution >= 0.6 is 0 Å². The van der Waals surface area contributed by atoms with Gasteiger partial charge in [-0.15, -0.1) is 0 Å². The third kappa shape index (κ3) is 3.10. The van der Waals surface area contributed by atoms with Gasteiger partial charge in [-0.1, -0.05) is 26.0 Å². The molecule has 0 saturated carbocycles. The molecule has 0 radical (unpaired) electrons. The first-order valence-corrected chi connectivity index (χ1v) is 8.40. The Morgan fingerprint density at radius 3 is 2.41 bits per heavy atom. The molecule has 2 amide bonds. The van der Waals surface area contributed by atoms with Gasteiger partial charge in [-0.3, -0.25) is 19.4 Å². The van der Waals surface area contributed by atoms with Crippen LogP contribution in [0.3, 0.4) is 0 Å². The number of likely N-dealkylation sites (tertiary alicyclic amines) is 2. The zero-order chi connectivity index (χ0) is 15.7. The molecule has 0 aromatic carbocycles. The molecule has 2 heterocycles. The van der Waals surface area contributed by atoms with Crippen LogP contribution in [0.1, 0.15) is 33.1 Å². The molecule has 0 bridgehead atoms. The van der Waals surface area contributed by atoms with Gasteiger partial charge in [-0.05, 0) is 25.2 Å². The number of nitrogens with zero attached hydrogens (tertiary/aromatic N) is 2. The zero-order valence-corrected chi connectivity index (χ0v) is 13.5. The monoisotopic (exact) mass is 306 g/mol. The molecular weight excluding hydrogens is 280 g/mol. The van der Waals surface area contributed by atoms with Crippen LogP contribution in [0.15, 0.2) is 12.2 Å². The molecular formula is C17H26N2O3. The van der Waals surface area contributed by atoms with Crippen LogP contribution in [0.4, 0.5) is 0 Å². The second-order valence-corrected chi connectivity index (χ2v) is 7.12. The number of carbonyl (C=O) groups excluding carboxylic acids is 2. The zero-order valence-electron chi connectivity index (χ0n) is 13.5. The molecule has 3 rings (SSSR count). The molecule has 0 N–H and O–H groups in total. The molecule has 2 aliphatic heterocycles. The summed E-state index contributed by atoms with van der Waals surface area (Å²) in [4.78, 5) is 28.5. The van der Waals surface area contributed by atoms with E-state index in [1.54, 1.807) is 0 Å².